The van der Waals surface area contributed by atoms with Gasteiger partial charge in [0.2, 0.25) is 0 Å². The van der Waals surface area contributed by atoms with E-state index in [4.69, 9.17) is 0 Å². The number of hydrogen-bond donors (Lipinski definition) is 2. The first-order valence-corrected chi connectivity index (χ1v) is 5.47. The largest absolute Gasteiger partial charge is 0.333 e. The molecule has 90 valence electrons. The molecule has 2 heterocycles. The first kappa shape index (κ1) is 11.4. The van der Waals surface area contributed by atoms with Gasteiger partial charge in [-0.1, -0.05) is 0 Å². The number of aromatic nitrogens is 2. The van der Waals surface area contributed by atoms with Crippen LogP contribution in [0.4, 0.5) is 10.5 Å². The van der Waals surface area contributed by atoms with Gasteiger partial charge in [-0.05, 0) is 39.0 Å². The number of pyridine rings is 1. The van der Waals surface area contributed by atoms with Gasteiger partial charge in [0.25, 0.3) is 0 Å². The van der Waals surface area contributed by atoms with Crippen molar-refractivity contribution < 1.29 is 4.79 Å². The number of carbonyl (C=O) groups excluding carboxylic acids is 1. The van der Waals surface area contributed by atoms with Gasteiger partial charge in [0.05, 0.1) is 5.52 Å². The van der Waals surface area contributed by atoms with Gasteiger partial charge in [0, 0.05) is 23.6 Å². The van der Waals surface area contributed by atoms with Gasteiger partial charge >= 0.3 is 6.03 Å². The molecule has 0 radical (unpaired) electrons. The third-order valence-electron chi connectivity index (χ3n) is 2.15. The van der Waals surface area contributed by atoms with E-state index >= 15 is 0 Å². The number of hydrogen-bond acceptors (Lipinski definition) is 2. The van der Waals surface area contributed by atoms with Crippen molar-refractivity contribution in [2.45, 2.75) is 26.3 Å². The smallest absolute Gasteiger partial charge is 0.319 e. The van der Waals surface area contributed by atoms with E-state index in [-0.39, 0.29) is 11.6 Å². The molecule has 0 fully saturated rings. The second kappa shape index (κ2) is 4.08. The highest BCUT2D eigenvalue weighted by Gasteiger charge is 2.13. The average molecular weight is 232 g/mol. The molecule has 0 spiro atoms. The maximum Gasteiger partial charge on any atom is 0.319 e. The molecule has 2 amide bonds. The summed E-state index contributed by atoms with van der Waals surface area (Å²) >= 11 is 0. The van der Waals surface area contributed by atoms with Crippen LogP contribution >= 0.6 is 0 Å². The number of nitrogens with zero attached hydrogens (tertiary/aromatic N) is 2. The number of anilines is 1. The van der Waals surface area contributed by atoms with Crippen LogP contribution in [0.2, 0.25) is 0 Å². The Morgan fingerprint density at radius 3 is 2.82 bits per heavy atom. The molecule has 5 nitrogen and oxygen atoms in total. The van der Waals surface area contributed by atoms with Crippen molar-refractivity contribution in [3.05, 3.63) is 30.6 Å². The molecule has 0 saturated carbocycles. The molecule has 2 rings (SSSR count). The fraction of sp³-hybridized carbons (Fsp3) is 0.333. The Kier molecular flexibility index (Phi) is 2.75. The summed E-state index contributed by atoms with van der Waals surface area (Å²) in [6.07, 6.45) is 3.52. The van der Waals surface area contributed by atoms with Crippen LogP contribution in [0, 0.1) is 0 Å². The highest BCUT2D eigenvalue weighted by atomic mass is 16.2. The summed E-state index contributed by atoms with van der Waals surface area (Å²) in [5.74, 6) is 0. The van der Waals surface area contributed by atoms with E-state index in [2.05, 4.69) is 15.7 Å². The normalized spacial score (nSPS) is 11.5. The molecule has 0 bridgehead atoms. The van der Waals surface area contributed by atoms with Crippen molar-refractivity contribution in [1.29, 1.82) is 0 Å². The number of carbonyl (C=O) groups is 1. The van der Waals surface area contributed by atoms with Crippen LogP contribution < -0.4 is 10.6 Å². The van der Waals surface area contributed by atoms with Gasteiger partial charge in [-0.15, -0.1) is 0 Å². The van der Waals surface area contributed by atoms with Gasteiger partial charge in [0.1, 0.15) is 0 Å². The molecule has 2 aromatic rings. The zero-order valence-corrected chi connectivity index (χ0v) is 10.2. The van der Waals surface area contributed by atoms with E-state index in [1.807, 2.05) is 45.2 Å². The number of urea groups is 1. The predicted octanol–water partition coefficient (Wildman–Crippen LogP) is 2.25. The minimum atomic E-state index is -0.245. The summed E-state index contributed by atoms with van der Waals surface area (Å²) in [7, 11) is 0. The van der Waals surface area contributed by atoms with E-state index < -0.39 is 0 Å². The standard InChI is InChI=1S/C12H16N4O/c1-12(2,3)15-11(17)14-9-5-7-16-10(8-9)4-6-13-16/h4-8H,1-3H3,(H2,14,15,17). The molecular weight excluding hydrogens is 216 g/mol. The molecule has 2 N–H and O–H groups in total. The molecule has 17 heavy (non-hydrogen) atoms. The summed E-state index contributed by atoms with van der Waals surface area (Å²) in [5, 5.41) is 9.71. The van der Waals surface area contributed by atoms with Crippen molar-refractivity contribution in [3.8, 4) is 0 Å². The van der Waals surface area contributed by atoms with Crippen molar-refractivity contribution in [1.82, 2.24) is 14.9 Å². The van der Waals surface area contributed by atoms with Crippen LogP contribution in [0.3, 0.4) is 0 Å². The Hall–Kier alpha value is -2.04. The van der Waals surface area contributed by atoms with Gasteiger partial charge in [-0.3, -0.25) is 0 Å². The van der Waals surface area contributed by atoms with Crippen LogP contribution in [0.1, 0.15) is 20.8 Å². The molecule has 0 unspecified atom stereocenters. The zero-order valence-electron chi connectivity index (χ0n) is 10.2. The van der Waals surface area contributed by atoms with Crippen LogP contribution in [0.15, 0.2) is 30.6 Å². The van der Waals surface area contributed by atoms with Gasteiger partial charge in [0.15, 0.2) is 0 Å². The molecule has 0 aliphatic heterocycles. The Morgan fingerprint density at radius 2 is 2.12 bits per heavy atom. The lowest BCUT2D eigenvalue weighted by atomic mass is 10.1. The summed E-state index contributed by atoms with van der Waals surface area (Å²) < 4.78 is 1.74. The van der Waals surface area contributed by atoms with Crippen LogP contribution in [0.25, 0.3) is 5.52 Å². The van der Waals surface area contributed by atoms with E-state index in [1.165, 1.54) is 0 Å². The van der Waals surface area contributed by atoms with E-state index in [1.54, 1.807) is 10.7 Å². The quantitative estimate of drug-likeness (QED) is 0.792. The second-order valence-electron chi connectivity index (χ2n) is 4.95. The van der Waals surface area contributed by atoms with Crippen LogP contribution in [-0.2, 0) is 0 Å². The third kappa shape index (κ3) is 2.96. The highest BCUT2D eigenvalue weighted by molar-refractivity contribution is 5.90. The molecule has 0 aliphatic rings. The minimum Gasteiger partial charge on any atom is -0.333 e. The fourth-order valence-electron chi connectivity index (χ4n) is 1.50. The number of amides is 2. The Bertz CT molecular complexity index is 539. The zero-order chi connectivity index (χ0) is 12.5. The lowest BCUT2D eigenvalue weighted by molar-refractivity contribution is 0.244. The van der Waals surface area contributed by atoms with E-state index in [0.29, 0.717) is 0 Å². The number of nitrogens with one attached hydrogen (secondary N) is 2. The molecule has 0 aromatic carbocycles. The molecule has 5 heteroatoms. The van der Waals surface area contributed by atoms with Crippen molar-refractivity contribution >= 4 is 17.2 Å². The molecular formula is C12H16N4O. The first-order valence-electron chi connectivity index (χ1n) is 5.47. The maximum atomic E-state index is 11.7. The number of fused-ring (bicyclic) bond motifs is 1. The van der Waals surface area contributed by atoms with Crippen molar-refractivity contribution in [3.63, 3.8) is 0 Å². The summed E-state index contributed by atoms with van der Waals surface area (Å²) in [6, 6.07) is 5.35. The average Bonchev–Trinajstić information content (AvgIpc) is 2.61. The van der Waals surface area contributed by atoms with Crippen molar-refractivity contribution in [2.24, 2.45) is 0 Å². The lowest BCUT2D eigenvalue weighted by Crippen LogP contribution is -2.43. The third-order valence-corrected chi connectivity index (χ3v) is 2.15. The Labute approximate surface area is 99.8 Å². The second-order valence-corrected chi connectivity index (χ2v) is 4.95. The minimum absolute atomic E-state index is 0.207. The number of rotatable bonds is 1. The van der Waals surface area contributed by atoms with Gasteiger partial charge in [-0.2, -0.15) is 5.10 Å². The molecule has 0 atom stereocenters. The van der Waals surface area contributed by atoms with E-state index in [9.17, 15) is 4.79 Å². The van der Waals surface area contributed by atoms with Gasteiger partial charge in [-0.25, -0.2) is 9.31 Å². The molecule has 2 aromatic heterocycles. The topological polar surface area (TPSA) is 58.4 Å². The van der Waals surface area contributed by atoms with Crippen molar-refractivity contribution in [2.75, 3.05) is 5.32 Å². The summed E-state index contributed by atoms with van der Waals surface area (Å²) in [4.78, 5) is 11.7. The van der Waals surface area contributed by atoms with Crippen LogP contribution in [0.5, 0.6) is 0 Å². The summed E-state index contributed by atoms with van der Waals surface area (Å²) in [6.45, 7) is 5.81. The van der Waals surface area contributed by atoms with Crippen LogP contribution in [-0.4, -0.2) is 21.2 Å². The highest BCUT2D eigenvalue weighted by Crippen LogP contribution is 2.11. The lowest BCUT2D eigenvalue weighted by Gasteiger charge is -2.20. The molecule has 0 saturated heterocycles. The van der Waals surface area contributed by atoms with Gasteiger partial charge < -0.3 is 10.6 Å². The first-order chi connectivity index (χ1) is 7.94. The summed E-state index contributed by atoms with van der Waals surface area (Å²) in [5.41, 5.74) is 1.45. The maximum absolute atomic E-state index is 11.7. The van der Waals surface area contributed by atoms with E-state index in [0.717, 1.165) is 11.2 Å². The SMILES string of the molecule is CC(C)(C)NC(=O)Nc1ccn2nccc2c1. The monoisotopic (exact) mass is 232 g/mol. The fourth-order valence-corrected chi connectivity index (χ4v) is 1.50. The predicted molar refractivity (Wildman–Crippen MR) is 67.1 cm³/mol. The Morgan fingerprint density at radius 1 is 1.35 bits per heavy atom. The Balaban J connectivity index is 2.10. The molecule has 0 aliphatic carbocycles.